The van der Waals surface area contributed by atoms with Crippen molar-refractivity contribution in [1.29, 1.82) is 0 Å². The molecule has 0 radical (unpaired) electrons. The lowest BCUT2D eigenvalue weighted by Crippen LogP contribution is -2.28. The van der Waals surface area contributed by atoms with Gasteiger partial charge in [-0.15, -0.1) is 0 Å². The van der Waals surface area contributed by atoms with Gasteiger partial charge in [0.05, 0.1) is 5.69 Å². The Morgan fingerprint density at radius 2 is 1.71 bits per heavy atom. The van der Waals surface area contributed by atoms with Crippen molar-refractivity contribution >= 4 is 49.1 Å². The molecule has 0 unspecified atom stereocenters. The highest BCUT2D eigenvalue weighted by Crippen LogP contribution is 2.33. The van der Waals surface area contributed by atoms with E-state index in [1.165, 1.54) is 0 Å². The van der Waals surface area contributed by atoms with Gasteiger partial charge in [0.25, 0.3) is 0 Å². The highest BCUT2D eigenvalue weighted by atomic mass is 79.9. The van der Waals surface area contributed by atoms with Gasteiger partial charge in [-0.25, -0.2) is 0 Å². The van der Waals surface area contributed by atoms with Crippen LogP contribution in [0.15, 0.2) is 21.1 Å². The first kappa shape index (κ1) is 15.3. The number of likely N-dealkylation sites (N-methyl/N-ethyl adjacent to an activating group) is 1. The van der Waals surface area contributed by atoms with Crippen molar-refractivity contribution in [1.82, 2.24) is 4.90 Å². The third-order valence-corrected chi connectivity index (χ3v) is 4.10. The van der Waals surface area contributed by atoms with Crippen LogP contribution in [-0.4, -0.2) is 31.1 Å². The molecule has 2 nitrogen and oxygen atoms in total. The topological polar surface area (TPSA) is 15.3 Å². The number of hydrogen-bond donors (Lipinski definition) is 1. The predicted octanol–water partition coefficient (Wildman–Crippen LogP) is 4.62. The molecule has 0 aliphatic heterocycles. The van der Waals surface area contributed by atoms with Crippen molar-refractivity contribution in [3.63, 3.8) is 0 Å². The van der Waals surface area contributed by atoms with Crippen LogP contribution in [0.5, 0.6) is 0 Å². The molecule has 0 heterocycles. The Hall–Kier alpha value is 0.230. The predicted molar refractivity (Wildman–Crippen MR) is 83.1 cm³/mol. The van der Waals surface area contributed by atoms with Crippen molar-refractivity contribution in [3.8, 4) is 0 Å². The maximum Gasteiger partial charge on any atom is 0.0630 e. The number of nitrogens with one attached hydrogen (secondary N) is 1. The summed E-state index contributed by atoms with van der Waals surface area (Å²) in [6.07, 6.45) is 0. The van der Waals surface area contributed by atoms with Gasteiger partial charge in [-0.2, -0.15) is 0 Å². The average molecular weight is 385 g/mol. The lowest BCUT2D eigenvalue weighted by Gasteiger charge is -2.19. The number of hydrogen-bond acceptors (Lipinski definition) is 2. The highest BCUT2D eigenvalue weighted by Gasteiger charge is 2.07. The molecule has 1 N–H and O–H groups in total. The van der Waals surface area contributed by atoms with Crippen molar-refractivity contribution < 1.29 is 0 Å². The van der Waals surface area contributed by atoms with E-state index in [0.717, 1.165) is 45.8 Å². The minimum atomic E-state index is 0.720. The Labute approximate surface area is 125 Å². The molecule has 0 aliphatic carbocycles. The second-order valence-electron chi connectivity index (χ2n) is 3.70. The Morgan fingerprint density at radius 3 is 2.18 bits per heavy atom. The molecule has 1 rings (SSSR count). The van der Waals surface area contributed by atoms with Crippen molar-refractivity contribution in [2.24, 2.45) is 0 Å². The molecular weight excluding hydrogens is 367 g/mol. The monoisotopic (exact) mass is 382 g/mol. The summed E-state index contributed by atoms with van der Waals surface area (Å²) in [6, 6.07) is 3.79. The molecule has 0 bridgehead atoms. The third kappa shape index (κ3) is 4.78. The Bertz CT molecular complexity index is 345. The molecule has 1 aromatic carbocycles. The molecule has 0 spiro atoms. The molecule has 1 aromatic rings. The first-order valence-corrected chi connectivity index (χ1v) is 7.65. The first-order valence-electron chi connectivity index (χ1n) is 5.69. The maximum absolute atomic E-state index is 5.96. The van der Waals surface area contributed by atoms with Crippen LogP contribution in [0.1, 0.15) is 13.8 Å². The van der Waals surface area contributed by atoms with Crippen LogP contribution in [0.4, 0.5) is 5.69 Å². The summed E-state index contributed by atoms with van der Waals surface area (Å²) in [4.78, 5) is 2.38. The Morgan fingerprint density at radius 1 is 1.18 bits per heavy atom. The molecular formula is C12H17Br2ClN2. The van der Waals surface area contributed by atoms with Gasteiger partial charge < -0.3 is 10.2 Å². The molecule has 0 amide bonds. The fraction of sp³-hybridized carbons (Fsp3) is 0.500. The van der Waals surface area contributed by atoms with Crippen molar-refractivity contribution in [2.75, 3.05) is 31.5 Å². The fourth-order valence-electron chi connectivity index (χ4n) is 1.59. The molecule has 0 aliphatic rings. The van der Waals surface area contributed by atoms with E-state index in [-0.39, 0.29) is 0 Å². The summed E-state index contributed by atoms with van der Waals surface area (Å²) >= 11 is 13.0. The van der Waals surface area contributed by atoms with E-state index in [2.05, 4.69) is 55.9 Å². The zero-order valence-electron chi connectivity index (χ0n) is 10.1. The summed E-state index contributed by atoms with van der Waals surface area (Å²) in [6.45, 7) is 8.48. The number of anilines is 1. The SMILES string of the molecule is CCN(CC)CCNc1c(Br)cc(Cl)cc1Br. The summed E-state index contributed by atoms with van der Waals surface area (Å²) < 4.78 is 1.97. The molecule has 17 heavy (non-hydrogen) atoms. The molecule has 5 heteroatoms. The summed E-state index contributed by atoms with van der Waals surface area (Å²) in [5.41, 5.74) is 1.06. The number of benzene rings is 1. The van der Waals surface area contributed by atoms with Crippen molar-refractivity contribution in [2.45, 2.75) is 13.8 Å². The molecule has 0 saturated carbocycles. The van der Waals surface area contributed by atoms with Gasteiger partial charge in [0, 0.05) is 27.1 Å². The van der Waals surface area contributed by atoms with Crippen LogP contribution < -0.4 is 5.32 Å². The van der Waals surface area contributed by atoms with Gasteiger partial charge in [0.15, 0.2) is 0 Å². The van der Waals surface area contributed by atoms with Crippen molar-refractivity contribution in [3.05, 3.63) is 26.1 Å². The van der Waals surface area contributed by atoms with Gasteiger partial charge in [0.2, 0.25) is 0 Å². The first-order chi connectivity index (χ1) is 8.08. The molecule has 0 fully saturated rings. The lowest BCUT2D eigenvalue weighted by molar-refractivity contribution is 0.316. The van der Waals surface area contributed by atoms with E-state index in [9.17, 15) is 0 Å². The number of halogens is 3. The summed E-state index contributed by atoms with van der Waals surface area (Å²) in [5.74, 6) is 0. The molecule has 0 saturated heterocycles. The quantitative estimate of drug-likeness (QED) is 0.770. The standard InChI is InChI=1S/C12H17Br2ClN2/c1-3-17(4-2)6-5-16-12-10(13)7-9(15)8-11(12)14/h7-8,16H,3-6H2,1-2H3. The fourth-order valence-corrected chi connectivity index (χ4v) is 3.54. The van der Waals surface area contributed by atoms with E-state index in [1.807, 2.05) is 12.1 Å². The van der Waals surface area contributed by atoms with Gasteiger partial charge in [-0.3, -0.25) is 0 Å². The summed E-state index contributed by atoms with van der Waals surface area (Å²) in [5, 5.41) is 4.13. The number of nitrogens with zero attached hydrogens (tertiary/aromatic N) is 1. The highest BCUT2D eigenvalue weighted by molar-refractivity contribution is 9.11. The lowest BCUT2D eigenvalue weighted by atomic mass is 10.3. The van der Waals surface area contributed by atoms with Gasteiger partial charge >= 0.3 is 0 Å². The zero-order valence-corrected chi connectivity index (χ0v) is 14.0. The smallest absolute Gasteiger partial charge is 0.0630 e. The third-order valence-electron chi connectivity index (χ3n) is 2.63. The van der Waals surface area contributed by atoms with Gasteiger partial charge in [-0.05, 0) is 57.1 Å². The second kappa shape index (κ2) is 7.62. The Kier molecular flexibility index (Phi) is 6.85. The van der Waals surface area contributed by atoms with Gasteiger partial charge in [-0.1, -0.05) is 25.4 Å². The minimum absolute atomic E-state index is 0.720. The zero-order chi connectivity index (χ0) is 12.8. The average Bonchev–Trinajstić information content (AvgIpc) is 2.27. The van der Waals surface area contributed by atoms with Crippen LogP contribution in [0.3, 0.4) is 0 Å². The summed E-state index contributed by atoms with van der Waals surface area (Å²) in [7, 11) is 0. The molecule has 96 valence electrons. The molecule has 0 atom stereocenters. The Balaban J connectivity index is 2.58. The second-order valence-corrected chi connectivity index (χ2v) is 5.84. The van der Waals surface area contributed by atoms with Crippen LogP contribution in [0.25, 0.3) is 0 Å². The molecule has 0 aromatic heterocycles. The van der Waals surface area contributed by atoms with Crippen LogP contribution in [-0.2, 0) is 0 Å². The van der Waals surface area contributed by atoms with E-state index >= 15 is 0 Å². The van der Waals surface area contributed by atoms with Gasteiger partial charge in [0.1, 0.15) is 0 Å². The van der Waals surface area contributed by atoms with E-state index in [4.69, 9.17) is 11.6 Å². The number of rotatable bonds is 6. The van der Waals surface area contributed by atoms with Crippen LogP contribution in [0, 0.1) is 0 Å². The van der Waals surface area contributed by atoms with E-state index in [0.29, 0.717) is 0 Å². The van der Waals surface area contributed by atoms with E-state index in [1.54, 1.807) is 0 Å². The normalized spacial score (nSPS) is 10.9. The largest absolute Gasteiger partial charge is 0.382 e. The van der Waals surface area contributed by atoms with Crippen LogP contribution in [0.2, 0.25) is 5.02 Å². The maximum atomic E-state index is 5.96. The van der Waals surface area contributed by atoms with Crippen LogP contribution >= 0.6 is 43.5 Å². The minimum Gasteiger partial charge on any atom is -0.382 e. The van der Waals surface area contributed by atoms with E-state index < -0.39 is 0 Å².